The lowest BCUT2D eigenvalue weighted by Crippen LogP contribution is -2.66. The van der Waals surface area contributed by atoms with Crippen LogP contribution in [0.1, 0.15) is 34.6 Å². The molecule has 0 spiro atoms. The molecule has 0 unspecified atom stereocenters. The first-order valence-corrected chi connectivity index (χ1v) is 5.66. The highest BCUT2D eigenvalue weighted by atomic mass is 16.7. The summed E-state index contributed by atoms with van der Waals surface area (Å²) < 4.78 is 10.5. The third-order valence-electron chi connectivity index (χ3n) is 2.46. The predicted octanol–water partition coefficient (Wildman–Crippen LogP) is 0.824. The van der Waals surface area contributed by atoms with Gasteiger partial charge in [-0.2, -0.15) is 0 Å². The second-order valence-electron chi connectivity index (χ2n) is 5.87. The van der Waals surface area contributed by atoms with Crippen LogP contribution in [0.2, 0.25) is 0 Å². The van der Waals surface area contributed by atoms with E-state index in [-0.39, 0.29) is 18.1 Å². The van der Waals surface area contributed by atoms with Gasteiger partial charge in [0.15, 0.2) is 23.9 Å². The molecule has 0 amide bonds. The van der Waals surface area contributed by atoms with E-state index in [9.17, 15) is 15.0 Å². The van der Waals surface area contributed by atoms with Crippen molar-refractivity contribution in [1.29, 1.82) is 0 Å². The Bertz CT molecular complexity index is 351. The van der Waals surface area contributed by atoms with Gasteiger partial charge in [-0.1, -0.05) is 0 Å². The number of hydrazine groups is 1. The lowest BCUT2D eigenvalue weighted by atomic mass is 10.1. The van der Waals surface area contributed by atoms with Crippen molar-refractivity contribution in [3.05, 3.63) is 15.0 Å². The summed E-state index contributed by atoms with van der Waals surface area (Å²) in [7, 11) is 0. The molecule has 18 heavy (non-hydrogen) atoms. The predicted molar refractivity (Wildman–Crippen MR) is 62.2 cm³/mol. The van der Waals surface area contributed by atoms with Crippen molar-refractivity contribution in [2.75, 3.05) is 13.2 Å². The van der Waals surface area contributed by atoms with Gasteiger partial charge < -0.3 is 9.47 Å². The summed E-state index contributed by atoms with van der Waals surface area (Å²) in [5, 5.41) is 11.2. The number of rotatable bonds is 3. The van der Waals surface area contributed by atoms with Crippen LogP contribution in [0, 0.1) is 15.0 Å². The van der Waals surface area contributed by atoms with Crippen LogP contribution >= 0.6 is 0 Å². The van der Waals surface area contributed by atoms with E-state index < -0.39 is 21.9 Å². The topological polar surface area (TPSA) is 93.7 Å². The molecule has 8 heteroatoms. The first-order valence-electron chi connectivity index (χ1n) is 5.66. The molecule has 0 bridgehead atoms. The van der Waals surface area contributed by atoms with Crippen LogP contribution in [0.15, 0.2) is 0 Å². The van der Waals surface area contributed by atoms with Gasteiger partial charge in [-0.25, -0.2) is 0 Å². The van der Waals surface area contributed by atoms with Gasteiger partial charge in [-0.05, 0) is 34.6 Å². The van der Waals surface area contributed by atoms with Crippen LogP contribution < -0.4 is 5.43 Å². The Labute approximate surface area is 105 Å². The Morgan fingerprint density at radius 1 is 1.17 bits per heavy atom. The Morgan fingerprint density at radius 2 is 1.61 bits per heavy atom. The van der Waals surface area contributed by atoms with Crippen LogP contribution in [-0.2, 0) is 9.47 Å². The standard InChI is InChI=1S/C10H20N3O5/c1-8(2,3)11-12(14)10(13(15)16)6-17-9(4,5)18-7-10/h6-7H2,1-5H3,(H,11,14)/q+1. The van der Waals surface area contributed by atoms with E-state index in [1.54, 1.807) is 34.6 Å². The van der Waals surface area contributed by atoms with Crippen LogP contribution in [0.3, 0.4) is 0 Å². The summed E-state index contributed by atoms with van der Waals surface area (Å²) in [6.07, 6.45) is 0. The molecule has 1 aliphatic rings. The average Bonchev–Trinajstić information content (AvgIpc) is 2.14. The minimum Gasteiger partial charge on any atom is -0.335 e. The van der Waals surface area contributed by atoms with E-state index in [1.165, 1.54) is 0 Å². The SMILES string of the molecule is CC(C)(C)N[N+](=O)C1([N+](=O)[O-])COC(C)(C)OC1. The highest BCUT2D eigenvalue weighted by Gasteiger charge is 2.65. The fraction of sp³-hybridized carbons (Fsp3) is 1.00. The first kappa shape index (κ1) is 14.8. The highest BCUT2D eigenvalue weighted by Crippen LogP contribution is 2.26. The molecule has 0 radical (unpaired) electrons. The van der Waals surface area contributed by atoms with Crippen LogP contribution in [0.5, 0.6) is 0 Å². The molecule has 1 fully saturated rings. The zero-order valence-corrected chi connectivity index (χ0v) is 11.3. The monoisotopic (exact) mass is 262 g/mol. The smallest absolute Gasteiger partial charge is 0.335 e. The van der Waals surface area contributed by atoms with Gasteiger partial charge in [0.25, 0.3) is 0 Å². The van der Waals surface area contributed by atoms with E-state index in [1.807, 2.05) is 0 Å². The van der Waals surface area contributed by atoms with Crippen molar-refractivity contribution in [3.63, 3.8) is 0 Å². The summed E-state index contributed by atoms with van der Waals surface area (Å²) in [6, 6.07) is 0. The fourth-order valence-corrected chi connectivity index (χ4v) is 1.37. The number of nitro groups is 1. The molecule has 1 saturated heterocycles. The Morgan fingerprint density at radius 3 is 1.94 bits per heavy atom. The molecular formula is C10H20N3O5+. The summed E-state index contributed by atoms with van der Waals surface area (Å²) >= 11 is 0. The maximum Gasteiger partial charge on any atom is 0.522 e. The summed E-state index contributed by atoms with van der Waals surface area (Å²) in [5.74, 6) is -0.915. The van der Waals surface area contributed by atoms with E-state index in [0.717, 1.165) is 0 Å². The molecular weight excluding hydrogens is 242 g/mol. The van der Waals surface area contributed by atoms with E-state index in [0.29, 0.717) is 0 Å². The van der Waals surface area contributed by atoms with Crippen molar-refractivity contribution in [2.45, 2.75) is 51.6 Å². The molecule has 104 valence electrons. The number of hydrogen-bond donors (Lipinski definition) is 1. The second kappa shape index (κ2) is 4.43. The normalized spacial score (nSPS) is 22.3. The number of hydrogen-bond acceptors (Lipinski definition) is 5. The molecule has 0 aromatic heterocycles. The van der Waals surface area contributed by atoms with Gasteiger partial charge in [0.1, 0.15) is 4.92 Å². The van der Waals surface area contributed by atoms with Crippen molar-refractivity contribution in [3.8, 4) is 0 Å². The van der Waals surface area contributed by atoms with Crippen molar-refractivity contribution >= 4 is 0 Å². The van der Waals surface area contributed by atoms with E-state index in [4.69, 9.17) is 9.47 Å². The number of nitrogens with one attached hydrogen (secondary N) is 1. The van der Waals surface area contributed by atoms with E-state index in [2.05, 4.69) is 5.43 Å². The fourth-order valence-electron chi connectivity index (χ4n) is 1.37. The minimum atomic E-state index is -1.96. The Balaban J connectivity index is 2.90. The number of ether oxygens (including phenoxy) is 2. The quantitative estimate of drug-likeness (QED) is 0.350. The average molecular weight is 262 g/mol. The third-order valence-corrected chi connectivity index (χ3v) is 2.46. The Hall–Kier alpha value is -1.28. The maximum absolute atomic E-state index is 12.0. The molecule has 1 aliphatic heterocycles. The lowest BCUT2D eigenvalue weighted by Gasteiger charge is -2.33. The largest absolute Gasteiger partial charge is 0.522 e. The molecule has 1 rings (SSSR count). The van der Waals surface area contributed by atoms with E-state index >= 15 is 0 Å². The molecule has 0 aliphatic carbocycles. The molecule has 0 atom stereocenters. The number of nitroso groups, excluding NO2 is 1. The summed E-state index contributed by atoms with van der Waals surface area (Å²) in [4.78, 5) is 22.7. The van der Waals surface area contributed by atoms with Gasteiger partial charge >= 0.3 is 5.66 Å². The molecule has 0 saturated carbocycles. The zero-order valence-electron chi connectivity index (χ0n) is 11.3. The van der Waals surface area contributed by atoms with Crippen LogP contribution in [0.4, 0.5) is 0 Å². The van der Waals surface area contributed by atoms with Gasteiger partial charge in [0, 0.05) is 0 Å². The maximum atomic E-state index is 12.0. The van der Waals surface area contributed by atoms with Crippen molar-refractivity contribution in [2.24, 2.45) is 0 Å². The molecule has 1 heterocycles. The third kappa shape index (κ3) is 3.14. The molecule has 0 aromatic carbocycles. The molecule has 0 aromatic rings. The minimum absolute atomic E-state index is 0.224. The zero-order chi connectivity index (χ0) is 14.2. The first-order chi connectivity index (χ1) is 7.99. The van der Waals surface area contributed by atoms with Crippen molar-refractivity contribution < 1.29 is 19.3 Å². The summed E-state index contributed by atoms with van der Waals surface area (Å²) in [6.45, 7) is 7.83. The van der Waals surface area contributed by atoms with Crippen LogP contribution in [-0.4, -0.2) is 40.0 Å². The van der Waals surface area contributed by atoms with Crippen molar-refractivity contribution in [1.82, 2.24) is 5.43 Å². The molecule has 8 nitrogen and oxygen atoms in total. The van der Waals surface area contributed by atoms with Gasteiger partial charge in [0.2, 0.25) is 0 Å². The second-order valence-corrected chi connectivity index (χ2v) is 5.87. The van der Waals surface area contributed by atoms with Gasteiger partial charge in [-0.3, -0.25) is 10.1 Å². The van der Waals surface area contributed by atoms with Gasteiger partial charge in [-0.15, -0.1) is 5.43 Å². The summed E-state index contributed by atoms with van der Waals surface area (Å²) in [5.41, 5.74) is -0.0267. The number of nitrogens with zero attached hydrogens (tertiary/aromatic N) is 2. The van der Waals surface area contributed by atoms with Gasteiger partial charge in [0.05, 0.1) is 10.4 Å². The lowest BCUT2D eigenvalue weighted by molar-refractivity contribution is -0.862. The molecule has 1 N–H and O–H groups in total. The Kier molecular flexibility index (Phi) is 3.64. The van der Waals surface area contributed by atoms with Crippen LogP contribution in [0.25, 0.3) is 0 Å². The highest BCUT2D eigenvalue weighted by molar-refractivity contribution is 4.74.